The number of carbonyl (C=O) groups is 1. The fraction of sp³-hybridized carbons (Fsp3) is 0.136. The van der Waals surface area contributed by atoms with Crippen LogP contribution in [0.5, 0.6) is 5.75 Å². The highest BCUT2D eigenvalue weighted by Gasteiger charge is 2.19. The molecular weight excluding hydrogens is 439 g/mol. The maximum absolute atomic E-state index is 14.1. The number of amides is 1. The molecule has 2 aromatic carbocycles. The molecule has 0 spiro atoms. The highest BCUT2D eigenvalue weighted by atomic mass is 35.5. The number of benzene rings is 2. The molecule has 1 N–H and O–H groups in total. The van der Waals surface area contributed by atoms with Crippen LogP contribution in [-0.4, -0.2) is 27.3 Å². The Labute approximate surface area is 187 Å². The predicted molar refractivity (Wildman–Crippen MR) is 120 cm³/mol. The fourth-order valence-corrected chi connectivity index (χ4v) is 4.06. The van der Waals surface area contributed by atoms with Gasteiger partial charge in [0.1, 0.15) is 17.4 Å². The van der Waals surface area contributed by atoms with Gasteiger partial charge in [0.05, 0.1) is 28.6 Å². The SMILES string of the molecule is CCOc1ccc(-c2csc(-n3nc(C)cc3NC(=O)c3c(F)cccc3Cl)n2)cc1. The van der Waals surface area contributed by atoms with E-state index >= 15 is 0 Å². The zero-order chi connectivity index (χ0) is 22.0. The Morgan fingerprint density at radius 2 is 2.03 bits per heavy atom. The molecule has 0 aliphatic carbocycles. The molecule has 158 valence electrons. The van der Waals surface area contributed by atoms with Crippen LogP contribution in [0.25, 0.3) is 16.4 Å². The van der Waals surface area contributed by atoms with Crippen LogP contribution < -0.4 is 10.1 Å². The van der Waals surface area contributed by atoms with Crippen LogP contribution in [0.4, 0.5) is 10.2 Å². The molecule has 0 saturated carbocycles. The third-order valence-electron chi connectivity index (χ3n) is 4.40. The molecule has 0 aliphatic rings. The van der Waals surface area contributed by atoms with E-state index in [4.69, 9.17) is 16.3 Å². The molecule has 0 atom stereocenters. The van der Waals surface area contributed by atoms with Gasteiger partial charge in [0.2, 0.25) is 5.13 Å². The molecule has 31 heavy (non-hydrogen) atoms. The number of halogens is 2. The summed E-state index contributed by atoms with van der Waals surface area (Å²) < 4.78 is 21.1. The van der Waals surface area contributed by atoms with Crippen molar-refractivity contribution < 1.29 is 13.9 Å². The first-order valence-electron chi connectivity index (χ1n) is 9.47. The zero-order valence-electron chi connectivity index (χ0n) is 16.7. The van der Waals surface area contributed by atoms with Crippen LogP contribution in [0.3, 0.4) is 0 Å². The molecule has 0 saturated heterocycles. The average molecular weight is 457 g/mol. The molecule has 2 aromatic heterocycles. The summed E-state index contributed by atoms with van der Waals surface area (Å²) in [4.78, 5) is 17.3. The highest BCUT2D eigenvalue weighted by molar-refractivity contribution is 7.12. The molecule has 4 aromatic rings. The monoisotopic (exact) mass is 456 g/mol. The van der Waals surface area contributed by atoms with Gasteiger partial charge in [-0.15, -0.1) is 11.3 Å². The third-order valence-corrected chi connectivity index (χ3v) is 5.53. The van der Waals surface area contributed by atoms with Crippen LogP contribution in [0.1, 0.15) is 23.0 Å². The van der Waals surface area contributed by atoms with Crippen molar-refractivity contribution in [2.75, 3.05) is 11.9 Å². The van der Waals surface area contributed by atoms with Crippen molar-refractivity contribution in [3.05, 3.63) is 76.0 Å². The zero-order valence-corrected chi connectivity index (χ0v) is 18.3. The Kier molecular flexibility index (Phi) is 6.01. The van der Waals surface area contributed by atoms with Gasteiger partial charge >= 0.3 is 0 Å². The maximum atomic E-state index is 14.1. The van der Waals surface area contributed by atoms with E-state index < -0.39 is 11.7 Å². The number of nitrogens with zero attached hydrogens (tertiary/aromatic N) is 3. The summed E-state index contributed by atoms with van der Waals surface area (Å²) in [6, 6.07) is 13.4. The largest absolute Gasteiger partial charge is 0.494 e. The minimum atomic E-state index is -0.695. The standard InChI is InChI=1S/C22H18ClFN4O2S/c1-3-30-15-9-7-14(8-10-15)18-12-31-22(25-18)28-19(11-13(2)27-28)26-21(29)20-16(23)5-4-6-17(20)24/h4-12H,3H2,1-2H3,(H,26,29). The van der Waals surface area contributed by atoms with Crippen molar-refractivity contribution in [1.29, 1.82) is 0 Å². The number of anilines is 1. The van der Waals surface area contributed by atoms with E-state index in [9.17, 15) is 9.18 Å². The van der Waals surface area contributed by atoms with E-state index in [1.807, 2.05) is 36.6 Å². The van der Waals surface area contributed by atoms with Crippen molar-refractivity contribution in [2.45, 2.75) is 13.8 Å². The number of carbonyl (C=O) groups excluding carboxylic acids is 1. The van der Waals surface area contributed by atoms with Gasteiger partial charge in [0.25, 0.3) is 5.91 Å². The van der Waals surface area contributed by atoms with Crippen molar-refractivity contribution in [2.24, 2.45) is 0 Å². The number of hydrogen-bond acceptors (Lipinski definition) is 5. The second-order valence-corrected chi connectivity index (χ2v) is 7.85. The quantitative estimate of drug-likeness (QED) is 0.401. The molecule has 4 rings (SSSR count). The van der Waals surface area contributed by atoms with Crippen molar-refractivity contribution in [1.82, 2.24) is 14.8 Å². The van der Waals surface area contributed by atoms with E-state index in [1.165, 1.54) is 34.2 Å². The Balaban J connectivity index is 1.61. The third kappa shape index (κ3) is 4.45. The Bertz CT molecular complexity index is 1220. The molecular formula is C22H18ClFN4O2S. The molecule has 0 radical (unpaired) electrons. The number of aryl methyl sites for hydroxylation is 1. The van der Waals surface area contributed by atoms with E-state index in [1.54, 1.807) is 13.0 Å². The van der Waals surface area contributed by atoms with E-state index in [0.717, 1.165) is 17.0 Å². The van der Waals surface area contributed by atoms with Gasteiger partial charge in [-0.3, -0.25) is 4.79 Å². The number of hydrogen-bond donors (Lipinski definition) is 1. The second kappa shape index (κ2) is 8.87. The molecule has 0 unspecified atom stereocenters. The second-order valence-electron chi connectivity index (χ2n) is 6.61. The normalized spacial score (nSPS) is 10.8. The van der Waals surface area contributed by atoms with Gasteiger partial charge in [-0.05, 0) is 50.2 Å². The number of nitrogens with one attached hydrogen (secondary N) is 1. The van der Waals surface area contributed by atoms with Gasteiger partial charge in [-0.1, -0.05) is 17.7 Å². The van der Waals surface area contributed by atoms with Crippen LogP contribution in [0.15, 0.2) is 53.9 Å². The lowest BCUT2D eigenvalue weighted by atomic mass is 10.2. The van der Waals surface area contributed by atoms with Gasteiger partial charge in [-0.2, -0.15) is 9.78 Å². The molecule has 0 fully saturated rings. The summed E-state index contributed by atoms with van der Waals surface area (Å²) in [5, 5.41) is 9.61. The first kappa shape index (κ1) is 21.0. The van der Waals surface area contributed by atoms with Gasteiger partial charge < -0.3 is 10.1 Å². The van der Waals surface area contributed by atoms with Crippen LogP contribution in [0, 0.1) is 12.7 Å². The lowest BCUT2D eigenvalue weighted by Gasteiger charge is -2.08. The molecule has 6 nitrogen and oxygen atoms in total. The Morgan fingerprint density at radius 3 is 2.74 bits per heavy atom. The summed E-state index contributed by atoms with van der Waals surface area (Å²) in [6.45, 7) is 4.33. The molecule has 9 heteroatoms. The van der Waals surface area contributed by atoms with Gasteiger partial charge in [-0.25, -0.2) is 9.37 Å². The van der Waals surface area contributed by atoms with Crippen molar-refractivity contribution >= 4 is 34.7 Å². The smallest absolute Gasteiger partial charge is 0.261 e. The average Bonchev–Trinajstić information content (AvgIpc) is 3.35. The number of rotatable bonds is 6. The summed E-state index contributed by atoms with van der Waals surface area (Å²) in [5.74, 6) is -0.192. The molecule has 0 aliphatic heterocycles. The first-order valence-corrected chi connectivity index (χ1v) is 10.7. The summed E-state index contributed by atoms with van der Waals surface area (Å²) in [7, 11) is 0. The predicted octanol–water partition coefficient (Wildman–Crippen LogP) is 5.75. The number of thiazole rings is 1. The van der Waals surface area contributed by atoms with E-state index in [0.29, 0.717) is 23.3 Å². The van der Waals surface area contributed by atoms with Gasteiger partial charge in [0.15, 0.2) is 0 Å². The first-order chi connectivity index (χ1) is 15.0. The fourth-order valence-electron chi connectivity index (χ4n) is 3.01. The summed E-state index contributed by atoms with van der Waals surface area (Å²) in [6.07, 6.45) is 0. The van der Waals surface area contributed by atoms with E-state index in [2.05, 4.69) is 15.4 Å². The maximum Gasteiger partial charge on any atom is 0.261 e. The number of ether oxygens (including phenoxy) is 1. The minimum Gasteiger partial charge on any atom is -0.494 e. The van der Waals surface area contributed by atoms with Crippen LogP contribution >= 0.6 is 22.9 Å². The van der Waals surface area contributed by atoms with E-state index in [-0.39, 0.29) is 10.6 Å². The van der Waals surface area contributed by atoms with Crippen LogP contribution in [-0.2, 0) is 0 Å². The van der Waals surface area contributed by atoms with Crippen molar-refractivity contribution in [3.8, 4) is 22.1 Å². The highest BCUT2D eigenvalue weighted by Crippen LogP contribution is 2.28. The molecule has 0 bridgehead atoms. The lowest BCUT2D eigenvalue weighted by molar-refractivity contribution is 0.102. The number of aromatic nitrogens is 3. The van der Waals surface area contributed by atoms with Crippen LogP contribution in [0.2, 0.25) is 5.02 Å². The molecule has 2 heterocycles. The minimum absolute atomic E-state index is 0.0346. The van der Waals surface area contributed by atoms with Gasteiger partial charge in [0, 0.05) is 17.0 Å². The Morgan fingerprint density at radius 1 is 1.26 bits per heavy atom. The summed E-state index contributed by atoms with van der Waals surface area (Å²) in [5.41, 5.74) is 2.15. The van der Waals surface area contributed by atoms with Crippen molar-refractivity contribution in [3.63, 3.8) is 0 Å². The summed E-state index contributed by atoms with van der Waals surface area (Å²) >= 11 is 7.39. The lowest BCUT2D eigenvalue weighted by Crippen LogP contribution is -2.17. The topological polar surface area (TPSA) is 69.0 Å². The molecule has 1 amide bonds. The Hall–Kier alpha value is -3.23.